The van der Waals surface area contributed by atoms with Crippen molar-refractivity contribution >= 4 is 17.7 Å². The maximum atomic E-state index is 13.0. The number of piperazine rings is 1. The molecule has 1 amide bonds. The molecule has 0 bridgehead atoms. The Morgan fingerprint density at radius 2 is 1.20 bits per heavy atom. The fourth-order valence-corrected chi connectivity index (χ4v) is 5.07. The van der Waals surface area contributed by atoms with Crippen molar-refractivity contribution in [3.63, 3.8) is 0 Å². The number of thioether (sulfide) groups is 1. The van der Waals surface area contributed by atoms with E-state index in [-0.39, 0.29) is 17.2 Å². The van der Waals surface area contributed by atoms with E-state index in [1.54, 1.807) is 11.8 Å². The van der Waals surface area contributed by atoms with Gasteiger partial charge in [-0.25, -0.2) is 0 Å². The second kappa shape index (κ2) is 9.96. The minimum atomic E-state index is -0.0713. The normalized spacial score (nSPS) is 15.9. The number of carbonyl (C=O) groups is 1. The summed E-state index contributed by atoms with van der Waals surface area (Å²) in [4.78, 5) is 18.7. The van der Waals surface area contributed by atoms with Gasteiger partial charge in [-0.3, -0.25) is 9.69 Å². The van der Waals surface area contributed by atoms with Crippen molar-refractivity contribution in [1.82, 2.24) is 9.80 Å². The third-order valence-electron chi connectivity index (χ3n) is 5.63. The monoisotopic (exact) mass is 416 g/mol. The van der Waals surface area contributed by atoms with E-state index in [9.17, 15) is 4.79 Å². The van der Waals surface area contributed by atoms with Crippen molar-refractivity contribution < 1.29 is 4.79 Å². The smallest absolute Gasteiger partial charge is 0.235 e. The Bertz CT molecular complexity index is 886. The maximum absolute atomic E-state index is 13.0. The number of hydrogen-bond acceptors (Lipinski definition) is 3. The Kier molecular flexibility index (Phi) is 6.88. The predicted octanol–water partition coefficient (Wildman–Crippen LogP) is 5.10. The number of amides is 1. The van der Waals surface area contributed by atoms with E-state index in [0.717, 1.165) is 31.1 Å². The standard InChI is InChI=1S/C26H28N2OS/c1-21(30-24-15-9-4-10-16-24)26(29)28-19-17-27(18-20-28)25(22-11-5-2-6-12-22)23-13-7-3-8-14-23/h2-16,21,25H,17-20H2,1H3/t21-/m0/s1. The maximum Gasteiger partial charge on any atom is 0.235 e. The van der Waals surface area contributed by atoms with Crippen LogP contribution in [0.25, 0.3) is 0 Å². The molecule has 1 saturated heterocycles. The zero-order valence-electron chi connectivity index (χ0n) is 17.4. The highest BCUT2D eigenvalue weighted by molar-refractivity contribution is 8.00. The molecule has 3 aromatic carbocycles. The first kappa shape index (κ1) is 20.7. The molecule has 0 radical (unpaired) electrons. The number of hydrogen-bond donors (Lipinski definition) is 0. The van der Waals surface area contributed by atoms with E-state index >= 15 is 0 Å². The van der Waals surface area contributed by atoms with E-state index in [0.29, 0.717) is 0 Å². The van der Waals surface area contributed by atoms with Crippen molar-refractivity contribution in [2.24, 2.45) is 0 Å². The Balaban J connectivity index is 1.42. The van der Waals surface area contributed by atoms with Gasteiger partial charge in [0.25, 0.3) is 0 Å². The molecule has 1 fully saturated rings. The molecule has 0 unspecified atom stereocenters. The number of benzene rings is 3. The van der Waals surface area contributed by atoms with Crippen molar-refractivity contribution in [2.75, 3.05) is 26.2 Å². The molecule has 0 spiro atoms. The molecular weight excluding hydrogens is 388 g/mol. The van der Waals surface area contributed by atoms with E-state index in [1.807, 2.05) is 30.0 Å². The van der Waals surface area contributed by atoms with Gasteiger partial charge in [-0.1, -0.05) is 78.9 Å². The summed E-state index contributed by atoms with van der Waals surface area (Å²) in [6.45, 7) is 5.32. The summed E-state index contributed by atoms with van der Waals surface area (Å²) in [5.41, 5.74) is 2.60. The van der Waals surface area contributed by atoms with Crippen LogP contribution in [-0.4, -0.2) is 47.1 Å². The summed E-state index contributed by atoms with van der Waals surface area (Å²) < 4.78 is 0. The Hall–Kier alpha value is -2.56. The van der Waals surface area contributed by atoms with Crippen molar-refractivity contribution in [1.29, 1.82) is 0 Å². The topological polar surface area (TPSA) is 23.6 Å². The van der Waals surface area contributed by atoms with Crippen LogP contribution in [0.2, 0.25) is 0 Å². The molecule has 0 aliphatic carbocycles. The second-order valence-corrected chi connectivity index (χ2v) is 9.07. The lowest BCUT2D eigenvalue weighted by Crippen LogP contribution is -2.51. The van der Waals surface area contributed by atoms with Crippen LogP contribution in [0, 0.1) is 0 Å². The largest absolute Gasteiger partial charge is 0.339 e. The SMILES string of the molecule is C[C@H](Sc1ccccc1)C(=O)N1CCN(C(c2ccccc2)c2ccccc2)CC1. The molecule has 4 heteroatoms. The van der Waals surface area contributed by atoms with Crippen molar-refractivity contribution in [3.05, 3.63) is 102 Å². The van der Waals surface area contributed by atoms with Gasteiger partial charge < -0.3 is 4.90 Å². The molecule has 1 heterocycles. The Labute approximate surface area is 183 Å². The highest BCUT2D eigenvalue weighted by Gasteiger charge is 2.30. The quantitative estimate of drug-likeness (QED) is 0.522. The summed E-state index contributed by atoms with van der Waals surface area (Å²) in [5, 5.41) is -0.0713. The zero-order valence-corrected chi connectivity index (χ0v) is 18.2. The van der Waals surface area contributed by atoms with E-state index < -0.39 is 0 Å². The summed E-state index contributed by atoms with van der Waals surface area (Å²) in [6, 6.07) is 31.8. The molecule has 4 rings (SSSR count). The van der Waals surface area contributed by atoms with Crippen LogP contribution in [0.15, 0.2) is 95.9 Å². The fraction of sp³-hybridized carbons (Fsp3) is 0.269. The van der Waals surface area contributed by atoms with Crippen LogP contribution in [0.1, 0.15) is 24.1 Å². The van der Waals surface area contributed by atoms with E-state index in [4.69, 9.17) is 0 Å². The van der Waals surface area contributed by atoms with Gasteiger partial charge >= 0.3 is 0 Å². The summed E-state index contributed by atoms with van der Waals surface area (Å²) >= 11 is 1.64. The summed E-state index contributed by atoms with van der Waals surface area (Å²) in [5.74, 6) is 0.236. The molecule has 1 aliphatic rings. The molecule has 3 aromatic rings. The first-order valence-corrected chi connectivity index (χ1v) is 11.4. The molecule has 154 valence electrons. The van der Waals surface area contributed by atoms with Gasteiger partial charge in [0, 0.05) is 31.1 Å². The summed E-state index contributed by atoms with van der Waals surface area (Å²) in [6.07, 6.45) is 0. The average molecular weight is 417 g/mol. The molecule has 3 nitrogen and oxygen atoms in total. The van der Waals surface area contributed by atoms with Crippen LogP contribution in [0.4, 0.5) is 0 Å². The van der Waals surface area contributed by atoms with E-state index in [1.165, 1.54) is 11.1 Å². The molecule has 1 aliphatic heterocycles. The minimum absolute atomic E-state index is 0.0713. The van der Waals surface area contributed by atoms with Crippen LogP contribution < -0.4 is 0 Å². The minimum Gasteiger partial charge on any atom is -0.339 e. The third kappa shape index (κ3) is 4.94. The molecule has 0 aromatic heterocycles. The lowest BCUT2D eigenvalue weighted by Gasteiger charge is -2.40. The number of carbonyl (C=O) groups excluding carboxylic acids is 1. The molecule has 1 atom stereocenters. The first-order valence-electron chi connectivity index (χ1n) is 10.6. The number of rotatable bonds is 6. The predicted molar refractivity (Wildman–Crippen MR) is 125 cm³/mol. The highest BCUT2D eigenvalue weighted by atomic mass is 32.2. The average Bonchev–Trinajstić information content (AvgIpc) is 2.81. The van der Waals surface area contributed by atoms with Crippen LogP contribution in [0.3, 0.4) is 0 Å². The molecular formula is C26H28N2OS. The highest BCUT2D eigenvalue weighted by Crippen LogP contribution is 2.30. The van der Waals surface area contributed by atoms with Gasteiger partial charge in [0.15, 0.2) is 0 Å². The van der Waals surface area contributed by atoms with Gasteiger partial charge in [0.05, 0.1) is 11.3 Å². The van der Waals surface area contributed by atoms with Crippen molar-refractivity contribution in [2.45, 2.75) is 23.1 Å². The fourth-order valence-electron chi connectivity index (χ4n) is 4.10. The second-order valence-electron chi connectivity index (χ2n) is 7.66. The lowest BCUT2D eigenvalue weighted by molar-refractivity contribution is -0.132. The Morgan fingerprint density at radius 1 is 0.733 bits per heavy atom. The van der Waals surface area contributed by atoms with Gasteiger partial charge in [-0.05, 0) is 30.2 Å². The molecule has 30 heavy (non-hydrogen) atoms. The molecule has 0 saturated carbocycles. The summed E-state index contributed by atoms with van der Waals surface area (Å²) in [7, 11) is 0. The first-order chi connectivity index (χ1) is 14.7. The van der Waals surface area contributed by atoms with Gasteiger partial charge in [-0.2, -0.15) is 0 Å². The van der Waals surface area contributed by atoms with Crippen LogP contribution >= 0.6 is 11.8 Å². The van der Waals surface area contributed by atoms with Gasteiger partial charge in [0.1, 0.15) is 0 Å². The lowest BCUT2D eigenvalue weighted by atomic mass is 9.96. The van der Waals surface area contributed by atoms with E-state index in [2.05, 4.69) is 77.7 Å². The third-order valence-corrected chi connectivity index (χ3v) is 6.73. The Morgan fingerprint density at radius 3 is 1.70 bits per heavy atom. The molecule has 0 N–H and O–H groups in total. The van der Waals surface area contributed by atoms with Gasteiger partial charge in [0.2, 0.25) is 5.91 Å². The van der Waals surface area contributed by atoms with Crippen LogP contribution in [0.5, 0.6) is 0 Å². The zero-order chi connectivity index (χ0) is 20.8. The van der Waals surface area contributed by atoms with Crippen LogP contribution in [-0.2, 0) is 4.79 Å². The van der Waals surface area contributed by atoms with Crippen molar-refractivity contribution in [3.8, 4) is 0 Å². The number of nitrogens with zero attached hydrogens (tertiary/aromatic N) is 2. The van der Waals surface area contributed by atoms with Gasteiger partial charge in [-0.15, -0.1) is 11.8 Å².